The van der Waals surface area contributed by atoms with Crippen molar-refractivity contribution in [2.75, 3.05) is 19.7 Å². The number of ether oxygens (including phenoxy) is 1. The van der Waals surface area contributed by atoms with Crippen LogP contribution in [0.5, 0.6) is 0 Å². The van der Waals surface area contributed by atoms with Crippen molar-refractivity contribution in [2.24, 2.45) is 5.92 Å². The van der Waals surface area contributed by atoms with Crippen molar-refractivity contribution in [2.45, 2.75) is 63.7 Å². The average Bonchev–Trinajstić information content (AvgIpc) is 3.40. The van der Waals surface area contributed by atoms with E-state index in [2.05, 4.69) is 10.3 Å². The Balaban J connectivity index is 1.93. The minimum Gasteiger partial charge on any atom is -0.376 e. The molecule has 10 heteroatoms. The van der Waals surface area contributed by atoms with Gasteiger partial charge in [0.05, 0.1) is 36.8 Å². The van der Waals surface area contributed by atoms with Crippen LogP contribution in [0.1, 0.15) is 44.9 Å². The Morgan fingerprint density at radius 3 is 2.67 bits per heavy atom. The SMILES string of the molecule is CCNC(=O)N(Cc1cnc(S(=O)(=O)Cc2ccc(F)cc2)n1CC1CCCO1)CC(C)C. The molecule has 0 bridgehead atoms. The fourth-order valence-electron chi connectivity index (χ4n) is 3.94. The maximum absolute atomic E-state index is 13.3. The number of aromatic nitrogens is 2. The fraction of sp³-hybridized carbons (Fsp3) is 0.565. The van der Waals surface area contributed by atoms with Crippen LogP contribution in [0, 0.1) is 11.7 Å². The molecule has 8 nitrogen and oxygen atoms in total. The molecule has 0 radical (unpaired) electrons. The first kappa shape index (κ1) is 25.2. The second-order valence-corrected chi connectivity index (χ2v) is 10.7. The van der Waals surface area contributed by atoms with Crippen molar-refractivity contribution in [1.29, 1.82) is 0 Å². The van der Waals surface area contributed by atoms with Crippen LogP contribution in [0.15, 0.2) is 35.6 Å². The molecule has 1 N–H and O–H groups in total. The second kappa shape index (κ2) is 11.1. The maximum atomic E-state index is 13.3. The van der Waals surface area contributed by atoms with E-state index in [4.69, 9.17) is 4.74 Å². The number of hydrogen-bond acceptors (Lipinski definition) is 5. The highest BCUT2D eigenvalue weighted by atomic mass is 32.2. The van der Waals surface area contributed by atoms with Crippen LogP contribution < -0.4 is 5.32 Å². The van der Waals surface area contributed by atoms with Gasteiger partial charge in [0.1, 0.15) is 5.82 Å². The number of hydrogen-bond donors (Lipinski definition) is 1. The van der Waals surface area contributed by atoms with Crippen molar-refractivity contribution in [1.82, 2.24) is 19.8 Å². The summed E-state index contributed by atoms with van der Waals surface area (Å²) in [4.78, 5) is 18.6. The molecule has 1 atom stereocenters. The van der Waals surface area contributed by atoms with Gasteiger partial charge in [-0.05, 0) is 43.4 Å². The van der Waals surface area contributed by atoms with Crippen LogP contribution in [0.4, 0.5) is 9.18 Å². The van der Waals surface area contributed by atoms with Gasteiger partial charge in [-0.15, -0.1) is 0 Å². The third-order valence-corrected chi connectivity index (χ3v) is 7.01. The molecule has 1 saturated heterocycles. The molecule has 1 fully saturated rings. The van der Waals surface area contributed by atoms with Gasteiger partial charge in [0.25, 0.3) is 0 Å². The molecule has 1 aromatic carbocycles. The van der Waals surface area contributed by atoms with Gasteiger partial charge < -0.3 is 19.5 Å². The number of amides is 2. The van der Waals surface area contributed by atoms with Gasteiger partial charge in [-0.25, -0.2) is 22.6 Å². The Morgan fingerprint density at radius 1 is 1.33 bits per heavy atom. The van der Waals surface area contributed by atoms with E-state index >= 15 is 0 Å². The fourth-order valence-corrected chi connectivity index (χ4v) is 5.44. The van der Waals surface area contributed by atoms with Crippen LogP contribution in [0.25, 0.3) is 0 Å². The first-order chi connectivity index (χ1) is 15.7. The highest BCUT2D eigenvalue weighted by Crippen LogP contribution is 2.23. The van der Waals surface area contributed by atoms with Gasteiger partial charge in [0, 0.05) is 19.7 Å². The zero-order chi connectivity index (χ0) is 24.0. The summed E-state index contributed by atoms with van der Waals surface area (Å²) in [6, 6.07) is 5.20. The van der Waals surface area contributed by atoms with Gasteiger partial charge in [-0.3, -0.25) is 0 Å². The minimum absolute atomic E-state index is 0.0577. The van der Waals surface area contributed by atoms with E-state index in [1.807, 2.05) is 20.8 Å². The molecule has 2 heterocycles. The van der Waals surface area contributed by atoms with Crippen LogP contribution in [0.3, 0.4) is 0 Å². The molecule has 1 aromatic heterocycles. The number of carbonyl (C=O) groups excluding carboxylic acids is 1. The van der Waals surface area contributed by atoms with Crippen molar-refractivity contribution < 1.29 is 22.3 Å². The largest absolute Gasteiger partial charge is 0.376 e. The van der Waals surface area contributed by atoms with E-state index in [1.165, 1.54) is 30.5 Å². The number of rotatable bonds is 10. The number of nitrogens with one attached hydrogen (secondary N) is 1. The topological polar surface area (TPSA) is 93.5 Å². The first-order valence-corrected chi connectivity index (χ1v) is 13.0. The molecule has 0 saturated carbocycles. The van der Waals surface area contributed by atoms with Crippen LogP contribution in [0.2, 0.25) is 0 Å². The molecule has 33 heavy (non-hydrogen) atoms. The molecule has 182 valence electrons. The normalized spacial score (nSPS) is 16.3. The van der Waals surface area contributed by atoms with Gasteiger partial charge in [-0.1, -0.05) is 26.0 Å². The Hall–Kier alpha value is -2.46. The number of halogens is 1. The Labute approximate surface area is 195 Å². The molecule has 1 aliphatic rings. The number of nitrogens with zero attached hydrogens (tertiary/aromatic N) is 3. The minimum atomic E-state index is -3.81. The van der Waals surface area contributed by atoms with Crippen molar-refractivity contribution in [3.05, 3.63) is 47.5 Å². The maximum Gasteiger partial charge on any atom is 0.317 e. The molecule has 1 unspecified atom stereocenters. The molecule has 3 rings (SSSR count). The van der Waals surface area contributed by atoms with E-state index in [0.717, 1.165) is 12.8 Å². The highest BCUT2D eigenvalue weighted by Gasteiger charge is 2.28. The van der Waals surface area contributed by atoms with Crippen LogP contribution in [-0.2, 0) is 33.4 Å². The van der Waals surface area contributed by atoms with Gasteiger partial charge >= 0.3 is 6.03 Å². The standard InChI is InChI=1S/C23H33FN4O4S/c1-4-25-22(29)27(13-17(2)3)14-20-12-26-23(28(20)15-21-6-5-11-32-21)33(30,31)16-18-7-9-19(24)10-8-18/h7-10,12,17,21H,4-6,11,13-16H2,1-3H3,(H,25,29). The van der Waals surface area contributed by atoms with Crippen molar-refractivity contribution in [3.8, 4) is 0 Å². The van der Waals surface area contributed by atoms with E-state index < -0.39 is 15.7 Å². The lowest BCUT2D eigenvalue weighted by Crippen LogP contribution is -2.41. The Bertz CT molecular complexity index is 1030. The van der Waals surface area contributed by atoms with E-state index in [-0.39, 0.29) is 35.5 Å². The summed E-state index contributed by atoms with van der Waals surface area (Å²) in [6.45, 7) is 8.14. The lowest BCUT2D eigenvalue weighted by Gasteiger charge is -2.26. The summed E-state index contributed by atoms with van der Waals surface area (Å²) in [6.07, 6.45) is 3.17. The summed E-state index contributed by atoms with van der Waals surface area (Å²) >= 11 is 0. The van der Waals surface area contributed by atoms with Gasteiger partial charge in [0.15, 0.2) is 0 Å². The number of benzene rings is 1. The summed E-state index contributed by atoms with van der Waals surface area (Å²) in [5.41, 5.74) is 1.11. The summed E-state index contributed by atoms with van der Waals surface area (Å²) in [5, 5.41) is 2.76. The zero-order valence-corrected chi connectivity index (χ0v) is 20.3. The summed E-state index contributed by atoms with van der Waals surface area (Å²) in [7, 11) is -3.81. The third kappa shape index (κ3) is 6.77. The predicted octanol–water partition coefficient (Wildman–Crippen LogP) is 3.36. The van der Waals surface area contributed by atoms with Gasteiger partial charge in [0.2, 0.25) is 15.0 Å². The molecule has 0 spiro atoms. The number of imidazole rings is 1. The summed E-state index contributed by atoms with van der Waals surface area (Å²) in [5.74, 6) is -0.473. The van der Waals surface area contributed by atoms with Crippen LogP contribution >= 0.6 is 0 Å². The predicted molar refractivity (Wildman–Crippen MR) is 123 cm³/mol. The van der Waals surface area contributed by atoms with E-state index in [1.54, 1.807) is 9.47 Å². The molecular formula is C23H33FN4O4S. The lowest BCUT2D eigenvalue weighted by molar-refractivity contribution is 0.0934. The third-order valence-electron chi connectivity index (χ3n) is 5.41. The average molecular weight is 481 g/mol. The van der Waals surface area contributed by atoms with Gasteiger partial charge in [-0.2, -0.15) is 0 Å². The second-order valence-electron chi connectivity index (χ2n) is 8.77. The molecule has 2 aromatic rings. The lowest BCUT2D eigenvalue weighted by atomic mass is 10.2. The monoisotopic (exact) mass is 480 g/mol. The molecular weight excluding hydrogens is 447 g/mol. The van der Waals surface area contributed by atoms with E-state index in [9.17, 15) is 17.6 Å². The van der Waals surface area contributed by atoms with E-state index in [0.29, 0.717) is 37.5 Å². The molecule has 2 amide bonds. The first-order valence-electron chi connectivity index (χ1n) is 11.4. The Kier molecular flexibility index (Phi) is 8.47. The zero-order valence-electron chi connectivity index (χ0n) is 19.5. The quantitative estimate of drug-likeness (QED) is 0.563. The van der Waals surface area contributed by atoms with Crippen molar-refractivity contribution >= 4 is 15.9 Å². The molecule has 1 aliphatic heterocycles. The highest BCUT2D eigenvalue weighted by molar-refractivity contribution is 7.90. The smallest absolute Gasteiger partial charge is 0.317 e. The molecule has 0 aliphatic carbocycles. The van der Waals surface area contributed by atoms with Crippen molar-refractivity contribution in [3.63, 3.8) is 0 Å². The van der Waals surface area contributed by atoms with Crippen LogP contribution in [-0.4, -0.2) is 54.7 Å². The number of carbonyl (C=O) groups is 1. The summed E-state index contributed by atoms with van der Waals surface area (Å²) < 4.78 is 47.2. The Morgan fingerprint density at radius 2 is 2.06 bits per heavy atom. The number of sulfone groups is 1. The number of urea groups is 1.